The fourth-order valence-electron chi connectivity index (χ4n) is 1.67. The van der Waals surface area contributed by atoms with Gasteiger partial charge in [-0.25, -0.2) is 0 Å². The van der Waals surface area contributed by atoms with Crippen molar-refractivity contribution in [2.45, 2.75) is 32.7 Å². The lowest BCUT2D eigenvalue weighted by Gasteiger charge is -2.20. The van der Waals surface area contributed by atoms with Crippen LogP contribution in [-0.4, -0.2) is 23.2 Å². The van der Waals surface area contributed by atoms with Crippen molar-refractivity contribution in [1.29, 1.82) is 0 Å². The second-order valence-corrected chi connectivity index (χ2v) is 4.33. The summed E-state index contributed by atoms with van der Waals surface area (Å²) in [5, 5.41) is 11.9. The molecule has 1 aliphatic rings. The van der Waals surface area contributed by atoms with Crippen LogP contribution in [0, 0.1) is 5.41 Å². The SMILES string of the molecule is CC1(C)CNC(C)(C(=O)O)C1.Cl. The fourth-order valence-corrected chi connectivity index (χ4v) is 1.67. The molecule has 12 heavy (non-hydrogen) atoms. The van der Waals surface area contributed by atoms with Crippen molar-refractivity contribution < 1.29 is 9.90 Å². The number of carbonyl (C=O) groups is 1. The summed E-state index contributed by atoms with van der Waals surface area (Å²) in [5.74, 6) is -0.747. The van der Waals surface area contributed by atoms with Gasteiger partial charge in [0.25, 0.3) is 0 Å². The molecule has 1 rings (SSSR count). The molecule has 0 radical (unpaired) electrons. The topological polar surface area (TPSA) is 49.3 Å². The van der Waals surface area contributed by atoms with Gasteiger partial charge >= 0.3 is 5.97 Å². The Morgan fingerprint density at radius 1 is 1.42 bits per heavy atom. The van der Waals surface area contributed by atoms with Crippen LogP contribution in [0.5, 0.6) is 0 Å². The van der Waals surface area contributed by atoms with E-state index >= 15 is 0 Å². The molecule has 4 heteroatoms. The molecule has 0 amide bonds. The van der Waals surface area contributed by atoms with Crippen LogP contribution in [0.2, 0.25) is 0 Å². The summed E-state index contributed by atoms with van der Waals surface area (Å²) in [6.45, 7) is 6.68. The van der Waals surface area contributed by atoms with E-state index in [1.807, 2.05) is 0 Å². The van der Waals surface area contributed by atoms with Gasteiger partial charge < -0.3 is 10.4 Å². The first-order valence-electron chi connectivity index (χ1n) is 3.84. The smallest absolute Gasteiger partial charge is 0.323 e. The molecule has 0 aliphatic carbocycles. The standard InChI is InChI=1S/C8H15NO2.ClH/c1-7(2)4-8(3,6(10)11)9-5-7;/h9H,4-5H2,1-3H3,(H,10,11);1H. The molecule has 1 unspecified atom stereocenters. The number of hydrogen-bond donors (Lipinski definition) is 2. The van der Waals surface area contributed by atoms with Crippen molar-refractivity contribution in [1.82, 2.24) is 5.32 Å². The van der Waals surface area contributed by atoms with Gasteiger partial charge in [-0.2, -0.15) is 0 Å². The predicted molar refractivity (Wildman–Crippen MR) is 49.7 cm³/mol. The molecule has 2 N–H and O–H groups in total. The monoisotopic (exact) mass is 193 g/mol. The third kappa shape index (κ3) is 2.11. The first-order chi connectivity index (χ1) is 4.86. The van der Waals surface area contributed by atoms with E-state index in [2.05, 4.69) is 19.2 Å². The van der Waals surface area contributed by atoms with Gasteiger partial charge in [-0.15, -0.1) is 12.4 Å². The minimum atomic E-state index is -0.747. The van der Waals surface area contributed by atoms with Crippen LogP contribution >= 0.6 is 12.4 Å². The molecular formula is C8H16ClNO2. The van der Waals surface area contributed by atoms with Crippen LogP contribution in [0.1, 0.15) is 27.2 Å². The minimum Gasteiger partial charge on any atom is -0.480 e. The van der Waals surface area contributed by atoms with E-state index in [0.29, 0.717) is 6.42 Å². The Morgan fingerprint density at radius 3 is 2.08 bits per heavy atom. The normalized spacial score (nSPS) is 32.6. The number of nitrogens with one attached hydrogen (secondary N) is 1. The van der Waals surface area contributed by atoms with Gasteiger partial charge in [0, 0.05) is 6.54 Å². The third-order valence-corrected chi connectivity index (χ3v) is 2.26. The zero-order valence-electron chi connectivity index (χ0n) is 7.68. The molecule has 1 atom stereocenters. The van der Waals surface area contributed by atoms with Crippen molar-refractivity contribution >= 4 is 18.4 Å². The number of halogens is 1. The molecule has 72 valence electrons. The highest BCUT2D eigenvalue weighted by Crippen LogP contribution is 2.33. The Hall–Kier alpha value is -0.280. The van der Waals surface area contributed by atoms with E-state index in [1.165, 1.54) is 0 Å². The molecular weight excluding hydrogens is 178 g/mol. The summed E-state index contributed by atoms with van der Waals surface area (Å²) in [7, 11) is 0. The Bertz CT molecular complexity index is 193. The van der Waals surface area contributed by atoms with E-state index < -0.39 is 11.5 Å². The quantitative estimate of drug-likeness (QED) is 0.660. The highest BCUT2D eigenvalue weighted by atomic mass is 35.5. The molecule has 0 saturated carbocycles. The lowest BCUT2D eigenvalue weighted by atomic mass is 9.85. The highest BCUT2D eigenvalue weighted by molar-refractivity contribution is 5.85. The van der Waals surface area contributed by atoms with E-state index in [1.54, 1.807) is 6.92 Å². The van der Waals surface area contributed by atoms with E-state index in [0.717, 1.165) is 6.54 Å². The predicted octanol–water partition coefficient (Wildman–Crippen LogP) is 1.27. The lowest BCUT2D eigenvalue weighted by molar-refractivity contribution is -0.143. The lowest BCUT2D eigenvalue weighted by Crippen LogP contribution is -2.44. The van der Waals surface area contributed by atoms with Crippen LogP contribution in [0.25, 0.3) is 0 Å². The van der Waals surface area contributed by atoms with Gasteiger partial charge in [0.15, 0.2) is 0 Å². The van der Waals surface area contributed by atoms with E-state index in [-0.39, 0.29) is 17.8 Å². The number of aliphatic carboxylic acids is 1. The summed E-state index contributed by atoms with van der Waals surface area (Å²) >= 11 is 0. The van der Waals surface area contributed by atoms with Crippen molar-refractivity contribution in [3.05, 3.63) is 0 Å². The zero-order valence-corrected chi connectivity index (χ0v) is 8.49. The molecule has 1 heterocycles. The van der Waals surface area contributed by atoms with Gasteiger partial charge in [-0.1, -0.05) is 13.8 Å². The number of carboxylic acid groups (broad SMARTS) is 1. The first kappa shape index (κ1) is 11.7. The van der Waals surface area contributed by atoms with Crippen LogP contribution in [0.4, 0.5) is 0 Å². The molecule has 0 spiro atoms. The van der Waals surface area contributed by atoms with Crippen LogP contribution in [0.3, 0.4) is 0 Å². The van der Waals surface area contributed by atoms with E-state index in [9.17, 15) is 4.79 Å². The Balaban J connectivity index is 0.00000121. The van der Waals surface area contributed by atoms with Gasteiger partial charge in [-0.05, 0) is 18.8 Å². The van der Waals surface area contributed by atoms with Gasteiger partial charge in [0.2, 0.25) is 0 Å². The van der Waals surface area contributed by atoms with Gasteiger partial charge in [0.05, 0.1) is 0 Å². The first-order valence-corrected chi connectivity index (χ1v) is 3.84. The largest absolute Gasteiger partial charge is 0.480 e. The summed E-state index contributed by atoms with van der Waals surface area (Å²) in [5.41, 5.74) is -0.587. The second-order valence-electron chi connectivity index (χ2n) is 4.33. The zero-order chi connectivity index (χ0) is 8.70. The Morgan fingerprint density at radius 2 is 1.92 bits per heavy atom. The van der Waals surface area contributed by atoms with Crippen molar-refractivity contribution in [3.8, 4) is 0 Å². The maximum absolute atomic E-state index is 10.7. The van der Waals surface area contributed by atoms with Crippen molar-refractivity contribution in [2.75, 3.05) is 6.54 Å². The fraction of sp³-hybridized carbons (Fsp3) is 0.875. The molecule has 0 aromatic heterocycles. The number of carboxylic acids is 1. The number of rotatable bonds is 1. The molecule has 3 nitrogen and oxygen atoms in total. The maximum atomic E-state index is 10.7. The Labute approximate surface area is 78.9 Å². The van der Waals surface area contributed by atoms with Gasteiger partial charge in [0.1, 0.15) is 5.54 Å². The average molecular weight is 194 g/mol. The summed E-state index contributed by atoms with van der Waals surface area (Å²) < 4.78 is 0. The minimum absolute atomic E-state index is 0. The van der Waals surface area contributed by atoms with Crippen LogP contribution in [-0.2, 0) is 4.79 Å². The molecule has 1 fully saturated rings. The summed E-state index contributed by atoms with van der Waals surface area (Å²) in [6, 6.07) is 0. The average Bonchev–Trinajstić information content (AvgIpc) is 2.08. The van der Waals surface area contributed by atoms with Gasteiger partial charge in [-0.3, -0.25) is 4.79 Å². The Kier molecular flexibility index (Phi) is 3.15. The molecule has 0 aromatic rings. The maximum Gasteiger partial charge on any atom is 0.323 e. The van der Waals surface area contributed by atoms with Crippen molar-refractivity contribution in [3.63, 3.8) is 0 Å². The van der Waals surface area contributed by atoms with E-state index in [4.69, 9.17) is 5.11 Å². The molecule has 1 aliphatic heterocycles. The highest BCUT2D eigenvalue weighted by Gasteiger charge is 2.44. The number of hydrogen-bond acceptors (Lipinski definition) is 2. The molecule has 0 aromatic carbocycles. The van der Waals surface area contributed by atoms with Crippen molar-refractivity contribution in [2.24, 2.45) is 5.41 Å². The summed E-state index contributed by atoms with van der Waals surface area (Å²) in [4.78, 5) is 10.7. The third-order valence-electron chi connectivity index (χ3n) is 2.26. The second kappa shape index (κ2) is 3.23. The van der Waals surface area contributed by atoms with Crippen LogP contribution < -0.4 is 5.32 Å². The van der Waals surface area contributed by atoms with Crippen LogP contribution in [0.15, 0.2) is 0 Å². The molecule has 0 bridgehead atoms. The molecule has 1 saturated heterocycles. The summed E-state index contributed by atoms with van der Waals surface area (Å²) in [6.07, 6.45) is 0.704.